The minimum Gasteiger partial charge on any atom is -0.496 e. The van der Waals surface area contributed by atoms with E-state index in [9.17, 15) is 4.79 Å². The minimum atomic E-state index is -0.627. The van der Waals surface area contributed by atoms with Crippen molar-refractivity contribution in [1.82, 2.24) is 19.2 Å². The van der Waals surface area contributed by atoms with Gasteiger partial charge in [-0.1, -0.05) is 13.8 Å². The zero-order chi connectivity index (χ0) is 48.9. The Kier molecular flexibility index (Phi) is 15.8. The number of nitrogens with one attached hydrogen (secondary N) is 1. The second-order valence-corrected chi connectivity index (χ2v) is 18.1. The summed E-state index contributed by atoms with van der Waals surface area (Å²) in [6, 6.07) is 7.74. The van der Waals surface area contributed by atoms with Crippen LogP contribution in [0.15, 0.2) is 33.1 Å². The van der Waals surface area contributed by atoms with Crippen LogP contribution in [0.5, 0.6) is 23.0 Å². The number of oxazole rings is 2. The summed E-state index contributed by atoms with van der Waals surface area (Å²) >= 11 is 0. The standard InChI is InChI=1S/C27H37N3O6.C23H31N3O6/c1-6-21-26(29(11-18-7-8-18)12-20-14-34-16-35-15-20)27-30(28-21)25(17(2)36-27)24-22(32-4)9-19(13-31-3)10-23(24)33-5;1-9-15-19(24-22(27)32-23(3,4)5)21-26(25-15)20(13(2)31-21)18-16(29-7)10-14(12-28-6)11-17(18)30-8/h9-10,18,20H,6-8,11-16H2,1-5H3;10-11H,9,12H2,1-8H3,(H,24,27). The van der Waals surface area contributed by atoms with Crippen molar-refractivity contribution in [1.29, 1.82) is 0 Å². The first kappa shape index (κ1) is 49.9. The highest BCUT2D eigenvalue weighted by Crippen LogP contribution is 2.46. The second-order valence-electron chi connectivity index (χ2n) is 18.1. The number of ether oxygens (including phenoxy) is 9. The Labute approximate surface area is 398 Å². The van der Waals surface area contributed by atoms with Crippen molar-refractivity contribution in [2.45, 2.75) is 93.0 Å². The summed E-state index contributed by atoms with van der Waals surface area (Å²) in [5.41, 5.74) is 8.65. The summed E-state index contributed by atoms with van der Waals surface area (Å²) in [5, 5.41) is 12.6. The zero-order valence-corrected chi connectivity index (χ0v) is 41.9. The van der Waals surface area contributed by atoms with Crippen LogP contribution < -0.4 is 29.2 Å². The number of rotatable bonds is 18. The molecule has 18 heteroatoms. The SMILES string of the molecule is CCc1nn2c(-c3c(OC)cc(COC)cc3OC)c(C)oc2c1N(CC1CC1)CC1COCOC1.CCc1nn2c(-c3c(OC)cc(COC)cc3OC)c(C)oc2c1NC(=O)OC(C)(C)C. The summed E-state index contributed by atoms with van der Waals surface area (Å²) in [6.45, 7) is 17.8. The van der Waals surface area contributed by atoms with E-state index in [1.54, 1.807) is 47.2 Å². The fourth-order valence-electron chi connectivity index (χ4n) is 8.68. The monoisotopic (exact) mass is 944 g/mol. The molecule has 2 fully saturated rings. The molecule has 1 aliphatic heterocycles. The molecule has 1 saturated heterocycles. The highest BCUT2D eigenvalue weighted by Gasteiger charge is 2.34. The summed E-state index contributed by atoms with van der Waals surface area (Å²) in [6.07, 6.45) is 3.35. The van der Waals surface area contributed by atoms with Gasteiger partial charge in [0.05, 0.1) is 77.4 Å². The Bertz CT molecular complexity index is 2630. The fraction of sp³-hybridized carbons (Fsp3) is 0.540. The van der Waals surface area contributed by atoms with Gasteiger partial charge in [-0.05, 0) is 102 Å². The van der Waals surface area contributed by atoms with Gasteiger partial charge in [-0.3, -0.25) is 5.32 Å². The Morgan fingerprint density at radius 3 is 1.60 bits per heavy atom. The molecule has 0 spiro atoms. The maximum absolute atomic E-state index is 12.4. The van der Waals surface area contributed by atoms with E-state index in [1.807, 2.05) is 70.3 Å². The summed E-state index contributed by atoms with van der Waals surface area (Å²) in [7, 11) is 9.83. The number of methoxy groups -OCH3 is 6. The van der Waals surface area contributed by atoms with Crippen LogP contribution in [0.4, 0.5) is 16.2 Å². The molecule has 68 heavy (non-hydrogen) atoms. The van der Waals surface area contributed by atoms with Crippen molar-refractivity contribution in [3.8, 4) is 45.5 Å². The number of nitrogens with zero attached hydrogens (tertiary/aromatic N) is 5. The Balaban J connectivity index is 0.000000203. The van der Waals surface area contributed by atoms with E-state index in [4.69, 9.17) is 61.7 Å². The van der Waals surface area contributed by atoms with Gasteiger partial charge in [-0.25, -0.2) is 4.79 Å². The van der Waals surface area contributed by atoms with E-state index in [2.05, 4.69) is 17.1 Å². The number of amides is 1. The molecule has 6 aromatic rings. The molecule has 0 bridgehead atoms. The molecular weight excluding hydrogens is 877 g/mol. The Morgan fingerprint density at radius 2 is 1.16 bits per heavy atom. The number of aromatic nitrogens is 4. The molecule has 1 aliphatic carbocycles. The van der Waals surface area contributed by atoms with Gasteiger partial charge >= 0.3 is 6.09 Å². The van der Waals surface area contributed by atoms with Crippen molar-refractivity contribution in [2.75, 3.05) is 86.0 Å². The van der Waals surface area contributed by atoms with Crippen LogP contribution in [0.1, 0.15) is 81.5 Å². The van der Waals surface area contributed by atoms with Crippen LogP contribution in [0, 0.1) is 25.7 Å². The molecule has 8 rings (SSSR count). The van der Waals surface area contributed by atoms with E-state index in [1.165, 1.54) is 12.8 Å². The van der Waals surface area contributed by atoms with E-state index < -0.39 is 11.7 Å². The average Bonchev–Trinajstić information content (AvgIpc) is 3.72. The van der Waals surface area contributed by atoms with Crippen LogP contribution in [0.25, 0.3) is 33.9 Å². The van der Waals surface area contributed by atoms with Gasteiger partial charge in [0.2, 0.25) is 11.4 Å². The maximum atomic E-state index is 12.4. The van der Waals surface area contributed by atoms with Crippen molar-refractivity contribution >= 4 is 28.9 Å². The second kappa shape index (κ2) is 21.6. The molecule has 1 N–H and O–H groups in total. The van der Waals surface area contributed by atoms with E-state index in [-0.39, 0.29) is 0 Å². The molecule has 2 aromatic carbocycles. The van der Waals surface area contributed by atoms with Crippen LogP contribution in [0.3, 0.4) is 0 Å². The number of carbonyl (C=O) groups excluding carboxylic acids is 1. The molecule has 0 unspecified atom stereocenters. The summed E-state index contributed by atoms with van der Waals surface area (Å²) in [5.74, 6) is 4.93. The molecule has 1 saturated carbocycles. The van der Waals surface area contributed by atoms with Crippen LogP contribution >= 0.6 is 0 Å². The van der Waals surface area contributed by atoms with Gasteiger partial charge in [-0.15, -0.1) is 0 Å². The smallest absolute Gasteiger partial charge is 0.412 e. The molecule has 1 amide bonds. The highest BCUT2D eigenvalue weighted by atomic mass is 16.7. The predicted molar refractivity (Wildman–Crippen MR) is 257 cm³/mol. The van der Waals surface area contributed by atoms with E-state index >= 15 is 0 Å². The normalized spacial score (nSPS) is 14.2. The molecular formula is C50H68N6O12. The summed E-state index contributed by atoms with van der Waals surface area (Å²) in [4.78, 5) is 14.9. The third-order valence-electron chi connectivity index (χ3n) is 11.8. The van der Waals surface area contributed by atoms with Gasteiger partial charge < -0.3 is 56.4 Å². The van der Waals surface area contributed by atoms with Crippen molar-refractivity contribution in [2.24, 2.45) is 11.8 Å². The number of hydrogen-bond acceptors (Lipinski definition) is 15. The van der Waals surface area contributed by atoms with Crippen LogP contribution in [-0.2, 0) is 49.7 Å². The molecule has 0 atom stereocenters. The minimum absolute atomic E-state index is 0.307. The summed E-state index contributed by atoms with van der Waals surface area (Å²) < 4.78 is 66.3. The largest absolute Gasteiger partial charge is 0.496 e. The molecule has 4 aromatic heterocycles. The van der Waals surface area contributed by atoms with Crippen molar-refractivity contribution in [3.05, 3.63) is 58.3 Å². The molecule has 18 nitrogen and oxygen atoms in total. The Morgan fingerprint density at radius 1 is 0.706 bits per heavy atom. The first-order valence-corrected chi connectivity index (χ1v) is 23.1. The number of aryl methyl sites for hydroxylation is 4. The van der Waals surface area contributed by atoms with Crippen LogP contribution in [-0.4, -0.2) is 107 Å². The third-order valence-corrected chi connectivity index (χ3v) is 11.8. The number of hydrogen-bond donors (Lipinski definition) is 1. The van der Waals surface area contributed by atoms with Gasteiger partial charge in [0.15, 0.2) is 0 Å². The Hall–Kier alpha value is -5.95. The van der Waals surface area contributed by atoms with Crippen molar-refractivity contribution in [3.63, 3.8) is 0 Å². The lowest BCUT2D eigenvalue weighted by Gasteiger charge is -2.30. The maximum Gasteiger partial charge on any atom is 0.412 e. The third kappa shape index (κ3) is 10.7. The van der Waals surface area contributed by atoms with Gasteiger partial charge in [0.25, 0.3) is 0 Å². The van der Waals surface area contributed by atoms with E-state index in [0.717, 1.165) is 64.7 Å². The lowest BCUT2D eigenvalue weighted by atomic mass is 10.0. The first-order valence-electron chi connectivity index (χ1n) is 23.1. The number of anilines is 2. The van der Waals surface area contributed by atoms with Crippen molar-refractivity contribution < 1.29 is 56.3 Å². The molecule has 5 heterocycles. The van der Waals surface area contributed by atoms with Gasteiger partial charge in [0.1, 0.15) is 69.7 Å². The number of benzene rings is 2. The van der Waals surface area contributed by atoms with E-state index in [0.29, 0.717) is 109 Å². The fourth-order valence-corrected chi connectivity index (χ4v) is 8.68. The molecule has 0 radical (unpaired) electrons. The topological polar surface area (TPSA) is 176 Å². The highest BCUT2D eigenvalue weighted by molar-refractivity contribution is 5.92. The predicted octanol–water partition coefficient (Wildman–Crippen LogP) is 9.44. The van der Waals surface area contributed by atoms with Gasteiger partial charge in [-0.2, -0.15) is 19.2 Å². The quantitative estimate of drug-likeness (QED) is 0.0862. The number of fused-ring (bicyclic) bond motifs is 2. The van der Waals surface area contributed by atoms with Gasteiger partial charge in [0, 0.05) is 33.2 Å². The van der Waals surface area contributed by atoms with Crippen LogP contribution in [0.2, 0.25) is 0 Å². The zero-order valence-electron chi connectivity index (χ0n) is 41.9. The lowest BCUT2D eigenvalue weighted by Crippen LogP contribution is -2.38. The molecule has 2 aliphatic rings. The number of carbonyl (C=O) groups is 1. The first-order chi connectivity index (χ1) is 32.7. The average molecular weight is 945 g/mol. The lowest BCUT2D eigenvalue weighted by molar-refractivity contribution is -0.123. The molecule has 370 valence electrons.